The first-order chi connectivity index (χ1) is 17.4. The second-order valence-electron chi connectivity index (χ2n) is 10.5. The van der Waals surface area contributed by atoms with Crippen LogP contribution >= 0.6 is 0 Å². The second-order valence-corrected chi connectivity index (χ2v) is 12.2. The maximum absolute atomic E-state index is 13.1. The molecule has 0 unspecified atom stereocenters. The van der Waals surface area contributed by atoms with Crippen molar-refractivity contribution >= 4 is 21.4 Å². The highest BCUT2D eigenvalue weighted by molar-refractivity contribution is 7.92. The summed E-state index contributed by atoms with van der Waals surface area (Å²) in [5.74, 6) is 0.729. The molecule has 3 aromatic rings. The number of para-hydroxylation sites is 1. The first kappa shape index (κ1) is 24.8. The first-order valence-electron chi connectivity index (χ1n) is 13.1. The van der Waals surface area contributed by atoms with Gasteiger partial charge in [-0.15, -0.1) is 0 Å². The lowest BCUT2D eigenvalue weighted by Gasteiger charge is -2.51. The number of hydrogen-bond donors (Lipinski definition) is 1. The van der Waals surface area contributed by atoms with E-state index < -0.39 is 10.0 Å². The Morgan fingerprint density at radius 1 is 0.833 bits per heavy atom. The van der Waals surface area contributed by atoms with Crippen molar-refractivity contribution in [2.24, 2.45) is 5.92 Å². The molecule has 3 aromatic carbocycles. The topological polar surface area (TPSA) is 52.7 Å². The molecule has 2 fully saturated rings. The summed E-state index contributed by atoms with van der Waals surface area (Å²) in [5, 5.41) is 0. The average molecular weight is 504 g/mol. The van der Waals surface area contributed by atoms with Crippen molar-refractivity contribution < 1.29 is 8.42 Å². The Balaban J connectivity index is 1.39. The van der Waals surface area contributed by atoms with Crippen LogP contribution in [0.2, 0.25) is 0 Å². The number of hydrogen-bond acceptors (Lipinski definition) is 4. The molecule has 1 aliphatic carbocycles. The van der Waals surface area contributed by atoms with Gasteiger partial charge in [0.1, 0.15) is 0 Å². The molecule has 1 N–H and O–H groups in total. The van der Waals surface area contributed by atoms with E-state index in [2.05, 4.69) is 63.9 Å². The zero-order valence-electron chi connectivity index (χ0n) is 21.4. The number of sulfonamides is 1. The van der Waals surface area contributed by atoms with Crippen LogP contribution < -0.4 is 9.62 Å². The third-order valence-corrected chi connectivity index (χ3v) is 9.49. The normalized spacial score (nSPS) is 23.4. The molecule has 0 spiro atoms. The Kier molecular flexibility index (Phi) is 7.09. The molecule has 5 rings (SSSR count). The summed E-state index contributed by atoms with van der Waals surface area (Å²) in [6, 6.07) is 25.8. The van der Waals surface area contributed by atoms with E-state index in [-0.39, 0.29) is 10.4 Å². The fourth-order valence-electron chi connectivity index (χ4n) is 5.86. The summed E-state index contributed by atoms with van der Waals surface area (Å²) in [5.41, 5.74) is 4.13. The van der Waals surface area contributed by atoms with Crippen molar-refractivity contribution in [3.8, 4) is 0 Å². The smallest absolute Gasteiger partial charge is 0.261 e. The fraction of sp³-hybridized carbons (Fsp3) is 0.400. The van der Waals surface area contributed by atoms with Gasteiger partial charge < -0.3 is 4.90 Å². The molecule has 1 aliphatic heterocycles. The Labute approximate surface area is 216 Å². The Bertz CT molecular complexity index is 1260. The molecular formula is C30H37N3O2S. The molecule has 0 bridgehead atoms. The van der Waals surface area contributed by atoms with Gasteiger partial charge in [-0.1, -0.05) is 55.0 Å². The third-order valence-electron chi connectivity index (χ3n) is 8.09. The minimum absolute atomic E-state index is 0.0550. The Morgan fingerprint density at radius 2 is 1.50 bits per heavy atom. The van der Waals surface area contributed by atoms with E-state index in [1.165, 1.54) is 24.1 Å². The van der Waals surface area contributed by atoms with Crippen LogP contribution in [-0.4, -0.2) is 39.5 Å². The van der Waals surface area contributed by atoms with Crippen molar-refractivity contribution in [2.75, 3.05) is 35.8 Å². The molecule has 36 heavy (non-hydrogen) atoms. The zero-order chi connectivity index (χ0) is 25.2. The summed E-state index contributed by atoms with van der Waals surface area (Å²) in [6.07, 6.45) is 4.60. The second kappa shape index (κ2) is 10.3. The number of anilines is 2. The van der Waals surface area contributed by atoms with Gasteiger partial charge in [0.2, 0.25) is 0 Å². The van der Waals surface area contributed by atoms with Crippen LogP contribution in [0.1, 0.15) is 43.7 Å². The van der Waals surface area contributed by atoms with Gasteiger partial charge in [-0.3, -0.25) is 9.62 Å². The molecule has 6 heteroatoms. The van der Waals surface area contributed by atoms with Gasteiger partial charge in [0.15, 0.2) is 0 Å². The van der Waals surface area contributed by atoms with Crippen LogP contribution in [0.3, 0.4) is 0 Å². The van der Waals surface area contributed by atoms with Crippen LogP contribution in [0.5, 0.6) is 0 Å². The number of nitrogens with zero attached hydrogens (tertiary/aromatic N) is 2. The van der Waals surface area contributed by atoms with E-state index in [4.69, 9.17) is 0 Å². The lowest BCUT2D eigenvalue weighted by molar-refractivity contribution is 0.0299. The number of nitrogens with one attached hydrogen (secondary N) is 1. The molecule has 0 aromatic heterocycles. The molecule has 5 nitrogen and oxygen atoms in total. The molecule has 2 aliphatic rings. The summed E-state index contributed by atoms with van der Waals surface area (Å²) in [4.78, 5) is 5.44. The van der Waals surface area contributed by atoms with Crippen molar-refractivity contribution in [3.05, 3.63) is 90.0 Å². The Hall–Kier alpha value is -2.83. The van der Waals surface area contributed by atoms with E-state index in [0.717, 1.165) is 50.5 Å². The zero-order valence-corrected chi connectivity index (χ0v) is 22.2. The van der Waals surface area contributed by atoms with Gasteiger partial charge in [0, 0.05) is 43.1 Å². The molecular weight excluding hydrogens is 466 g/mol. The molecule has 1 saturated carbocycles. The lowest BCUT2D eigenvalue weighted by Crippen LogP contribution is -2.56. The van der Waals surface area contributed by atoms with Crippen LogP contribution in [0, 0.1) is 12.8 Å². The van der Waals surface area contributed by atoms with Crippen LogP contribution in [-0.2, 0) is 15.6 Å². The van der Waals surface area contributed by atoms with Crippen molar-refractivity contribution in [2.45, 2.75) is 50.0 Å². The largest absolute Gasteiger partial charge is 0.369 e. The number of aryl methyl sites for hydroxylation is 1. The highest BCUT2D eigenvalue weighted by Gasteiger charge is 2.42. The molecule has 0 atom stereocenters. The first-order valence-corrected chi connectivity index (χ1v) is 14.6. The van der Waals surface area contributed by atoms with Gasteiger partial charge in [-0.05, 0) is 80.5 Å². The highest BCUT2D eigenvalue weighted by atomic mass is 32.2. The number of rotatable bonds is 6. The molecule has 0 radical (unpaired) electrons. The third kappa shape index (κ3) is 5.16. The van der Waals surface area contributed by atoms with Crippen LogP contribution in [0.4, 0.5) is 11.4 Å². The molecule has 1 saturated heterocycles. The molecule has 1 heterocycles. The lowest BCUT2D eigenvalue weighted by atomic mass is 9.71. The molecule has 0 amide bonds. The minimum atomic E-state index is -3.64. The monoisotopic (exact) mass is 503 g/mol. The van der Waals surface area contributed by atoms with Gasteiger partial charge in [0.05, 0.1) is 4.90 Å². The van der Waals surface area contributed by atoms with E-state index in [1.807, 2.05) is 31.2 Å². The van der Waals surface area contributed by atoms with E-state index in [0.29, 0.717) is 5.69 Å². The summed E-state index contributed by atoms with van der Waals surface area (Å²) in [6.45, 7) is 8.31. The standard InChI is InChI=1S/C30H37N3O2S/c1-24-11-13-29(14-12-24)36(34,35)31-27-8-6-7-26(23-27)30(17-15-25(2)16-18-30)33-21-19-32(20-22-33)28-9-4-3-5-10-28/h3-14,23,25,31H,15-22H2,1-2H3. The van der Waals surface area contributed by atoms with E-state index in [1.54, 1.807) is 12.1 Å². The number of benzene rings is 3. The fourth-order valence-corrected chi connectivity index (χ4v) is 6.91. The summed E-state index contributed by atoms with van der Waals surface area (Å²) < 4.78 is 29.0. The maximum atomic E-state index is 13.1. The SMILES string of the molecule is Cc1ccc(S(=O)(=O)Nc2cccc(C3(N4CCN(c5ccccc5)CC4)CCC(C)CC3)c2)cc1. The Morgan fingerprint density at radius 3 is 2.17 bits per heavy atom. The van der Waals surface area contributed by atoms with Crippen molar-refractivity contribution in [3.63, 3.8) is 0 Å². The van der Waals surface area contributed by atoms with Gasteiger partial charge in [-0.2, -0.15) is 0 Å². The van der Waals surface area contributed by atoms with Gasteiger partial charge in [0.25, 0.3) is 10.0 Å². The highest BCUT2D eigenvalue weighted by Crippen LogP contribution is 2.45. The van der Waals surface area contributed by atoms with E-state index in [9.17, 15) is 8.42 Å². The summed E-state index contributed by atoms with van der Waals surface area (Å²) in [7, 11) is -3.64. The quantitative estimate of drug-likeness (QED) is 0.447. The van der Waals surface area contributed by atoms with Crippen molar-refractivity contribution in [1.82, 2.24) is 4.90 Å². The average Bonchev–Trinajstić information content (AvgIpc) is 2.90. The minimum Gasteiger partial charge on any atom is -0.369 e. The molecule has 190 valence electrons. The maximum Gasteiger partial charge on any atom is 0.261 e. The predicted molar refractivity (Wildman–Crippen MR) is 148 cm³/mol. The number of piperazine rings is 1. The van der Waals surface area contributed by atoms with Crippen molar-refractivity contribution in [1.29, 1.82) is 0 Å². The van der Waals surface area contributed by atoms with Crippen LogP contribution in [0.15, 0.2) is 83.8 Å². The van der Waals surface area contributed by atoms with Gasteiger partial charge >= 0.3 is 0 Å². The van der Waals surface area contributed by atoms with Gasteiger partial charge in [-0.25, -0.2) is 8.42 Å². The predicted octanol–water partition coefficient (Wildman–Crippen LogP) is 6.02. The summed E-state index contributed by atoms with van der Waals surface area (Å²) >= 11 is 0. The van der Waals surface area contributed by atoms with Crippen LogP contribution in [0.25, 0.3) is 0 Å². The van der Waals surface area contributed by atoms with E-state index >= 15 is 0 Å².